The van der Waals surface area contributed by atoms with Gasteiger partial charge in [0, 0.05) is 0 Å². The van der Waals surface area contributed by atoms with Gasteiger partial charge in [-0.25, -0.2) is 0 Å². The maximum Gasteiger partial charge on any atom is 1.00 e. The van der Waals surface area contributed by atoms with E-state index in [9.17, 15) is 0 Å². The molecule has 0 aromatic rings. The first-order chi connectivity index (χ1) is 1.73. The Kier molecular flexibility index (Phi) is 11.6. The largest absolute Gasteiger partial charge is 1.00 e. The third-order valence-corrected chi connectivity index (χ3v) is 0. The smallest absolute Gasteiger partial charge is 1.00 e. The molecule has 0 amide bonds. The van der Waals surface area contributed by atoms with Crippen LogP contribution in [0.5, 0.6) is 0 Å². The zero-order chi connectivity index (χ0) is 3.58. The van der Waals surface area contributed by atoms with Gasteiger partial charge in [0.15, 0.2) is 9.04 Å². The van der Waals surface area contributed by atoms with E-state index in [0.717, 1.165) is 0 Å². The van der Waals surface area contributed by atoms with Crippen LogP contribution in [0.4, 0.5) is 0 Å². The predicted octanol–water partition coefficient (Wildman–Crippen LogP) is -2.92. The molecule has 0 spiro atoms. The van der Waals surface area contributed by atoms with Crippen molar-refractivity contribution in [2.24, 2.45) is 0 Å². The third-order valence-electron chi connectivity index (χ3n) is 0. The van der Waals surface area contributed by atoms with Crippen molar-refractivity contribution in [2.75, 3.05) is 0 Å². The molecule has 0 radical (unpaired) electrons. The fourth-order valence-electron chi connectivity index (χ4n) is 0. The average molecular weight is 116 g/mol. The molecule has 0 atom stereocenters. The van der Waals surface area contributed by atoms with Crippen LogP contribution < -0.4 is 51.4 Å². The maximum atomic E-state index is 8.19. The fourth-order valence-corrected chi connectivity index (χ4v) is 0. The van der Waals surface area contributed by atoms with Gasteiger partial charge in [-0.05, 0) is 13.1 Å². The van der Waals surface area contributed by atoms with E-state index >= 15 is 0 Å². The number of rotatable bonds is 0. The summed E-state index contributed by atoms with van der Waals surface area (Å²) in [5, 5.41) is 0. The summed E-state index contributed by atoms with van der Waals surface area (Å²) >= 11 is 0. The number of hydrogen-bond acceptors (Lipinski definition) is 1. The zero-order valence-corrected chi connectivity index (χ0v) is 8.30. The van der Waals surface area contributed by atoms with Gasteiger partial charge in [0.25, 0.3) is 0 Å². The third kappa shape index (κ3) is 25.7. The SMILES string of the molecule is C[SiH](C)O.[H-].[K+]. The summed E-state index contributed by atoms with van der Waals surface area (Å²) in [6.45, 7) is 3.72. The van der Waals surface area contributed by atoms with Crippen LogP contribution >= 0.6 is 0 Å². The molecule has 0 heterocycles. The van der Waals surface area contributed by atoms with Gasteiger partial charge in [0.05, 0.1) is 0 Å². The Balaban J connectivity index is -0.0000000450. The van der Waals surface area contributed by atoms with Crippen molar-refractivity contribution in [2.45, 2.75) is 13.1 Å². The molecule has 0 aliphatic rings. The van der Waals surface area contributed by atoms with E-state index in [2.05, 4.69) is 0 Å². The fraction of sp³-hybridized carbons (Fsp3) is 1.00. The van der Waals surface area contributed by atoms with Gasteiger partial charge in [-0.1, -0.05) is 0 Å². The summed E-state index contributed by atoms with van der Waals surface area (Å²) in [4.78, 5) is 8.19. The van der Waals surface area contributed by atoms with Crippen LogP contribution in [-0.2, 0) is 0 Å². The Labute approximate surface area is 78.4 Å². The molecule has 28 valence electrons. The molecule has 0 aliphatic carbocycles. The molecule has 5 heavy (non-hydrogen) atoms. The summed E-state index contributed by atoms with van der Waals surface area (Å²) in [7, 11) is -1.14. The van der Waals surface area contributed by atoms with Crippen LogP contribution in [0.25, 0.3) is 0 Å². The van der Waals surface area contributed by atoms with E-state index < -0.39 is 9.04 Å². The molecule has 3 heteroatoms. The molecule has 0 fully saturated rings. The van der Waals surface area contributed by atoms with Gasteiger partial charge in [-0.15, -0.1) is 0 Å². The van der Waals surface area contributed by atoms with Crippen LogP contribution in [-0.4, -0.2) is 13.8 Å². The minimum absolute atomic E-state index is 0. The van der Waals surface area contributed by atoms with Crippen LogP contribution in [0.1, 0.15) is 1.43 Å². The van der Waals surface area contributed by atoms with Crippen molar-refractivity contribution >= 4 is 9.04 Å². The van der Waals surface area contributed by atoms with E-state index in [4.69, 9.17) is 4.80 Å². The molecule has 0 aliphatic heterocycles. The van der Waals surface area contributed by atoms with Crippen LogP contribution in [0.3, 0.4) is 0 Å². The van der Waals surface area contributed by atoms with E-state index in [0.29, 0.717) is 0 Å². The van der Waals surface area contributed by atoms with Crippen molar-refractivity contribution in [1.82, 2.24) is 0 Å². The van der Waals surface area contributed by atoms with Crippen LogP contribution in [0.2, 0.25) is 13.1 Å². The van der Waals surface area contributed by atoms with Gasteiger partial charge in [0.1, 0.15) is 0 Å². The summed E-state index contributed by atoms with van der Waals surface area (Å²) in [5.41, 5.74) is 0. The summed E-state index contributed by atoms with van der Waals surface area (Å²) < 4.78 is 0. The second-order valence-electron chi connectivity index (χ2n) is 1.09. The second kappa shape index (κ2) is 5.81. The minimum Gasteiger partial charge on any atom is -1.00 e. The van der Waals surface area contributed by atoms with E-state index in [1.54, 1.807) is 0 Å². The van der Waals surface area contributed by atoms with Gasteiger partial charge < -0.3 is 6.22 Å². The quantitative estimate of drug-likeness (QED) is 0.336. The molecule has 0 bridgehead atoms. The summed E-state index contributed by atoms with van der Waals surface area (Å²) in [6, 6.07) is 0. The molecule has 0 saturated carbocycles. The predicted molar refractivity (Wildman–Crippen MR) is 22.2 cm³/mol. The molecule has 1 nitrogen and oxygen atoms in total. The summed E-state index contributed by atoms with van der Waals surface area (Å²) in [5.74, 6) is 0. The average Bonchev–Trinajstić information content (AvgIpc) is 0.811. The normalized spacial score (nSPS) is 7.20. The molecule has 0 saturated heterocycles. The second-order valence-corrected chi connectivity index (χ2v) is 3.28. The monoisotopic (exact) mass is 116 g/mol. The first kappa shape index (κ1) is 9.94. The number of hydrogen-bond donors (Lipinski definition) is 1. The molecule has 0 aromatic carbocycles. The summed E-state index contributed by atoms with van der Waals surface area (Å²) in [6.07, 6.45) is 0. The Morgan fingerprint density at radius 2 is 1.60 bits per heavy atom. The van der Waals surface area contributed by atoms with Crippen molar-refractivity contribution in [3.05, 3.63) is 0 Å². The van der Waals surface area contributed by atoms with Crippen molar-refractivity contribution < 1.29 is 57.6 Å². The van der Waals surface area contributed by atoms with E-state index in [1.807, 2.05) is 13.1 Å². The molecular weight excluding hydrogens is 107 g/mol. The molecule has 0 unspecified atom stereocenters. The molecular formula is C2H9KOSi. The van der Waals surface area contributed by atoms with Gasteiger partial charge in [0.2, 0.25) is 0 Å². The first-order valence-corrected chi connectivity index (χ1v) is 4.24. The van der Waals surface area contributed by atoms with E-state index in [-0.39, 0.29) is 52.8 Å². The van der Waals surface area contributed by atoms with Gasteiger partial charge in [-0.3, -0.25) is 0 Å². The standard InChI is InChI=1S/C2H8OSi.K.H/c1-4(2)3;;/h3-4H,1-2H3;;/q;+1;-1. The Hall–Kier alpha value is 1.81. The van der Waals surface area contributed by atoms with Crippen molar-refractivity contribution in [1.29, 1.82) is 0 Å². The van der Waals surface area contributed by atoms with Crippen molar-refractivity contribution in [3.8, 4) is 0 Å². The van der Waals surface area contributed by atoms with Gasteiger partial charge >= 0.3 is 51.4 Å². The molecule has 0 rings (SSSR count). The van der Waals surface area contributed by atoms with E-state index in [1.165, 1.54) is 0 Å². The Bertz CT molecular complexity index is 18.3. The first-order valence-electron chi connectivity index (χ1n) is 1.41. The Morgan fingerprint density at radius 3 is 1.60 bits per heavy atom. The van der Waals surface area contributed by atoms with Crippen molar-refractivity contribution in [3.63, 3.8) is 0 Å². The molecule has 1 N–H and O–H groups in total. The Morgan fingerprint density at radius 1 is 1.60 bits per heavy atom. The maximum absolute atomic E-state index is 8.19. The topological polar surface area (TPSA) is 20.2 Å². The van der Waals surface area contributed by atoms with Crippen LogP contribution in [0, 0.1) is 0 Å². The van der Waals surface area contributed by atoms with Crippen LogP contribution in [0.15, 0.2) is 0 Å². The molecule has 0 aromatic heterocycles. The van der Waals surface area contributed by atoms with Gasteiger partial charge in [-0.2, -0.15) is 0 Å². The zero-order valence-electron chi connectivity index (χ0n) is 5.02. The minimum atomic E-state index is -1.14.